The molecule has 3 aromatic rings. The third kappa shape index (κ3) is 15.0. The average Bonchev–Trinajstić information content (AvgIpc) is 3.92. The third-order valence-corrected chi connectivity index (χ3v) is 12.7. The van der Waals surface area contributed by atoms with Gasteiger partial charge in [-0.25, -0.2) is 14.1 Å². The molecular weight excluding hydrogens is 824 g/mol. The number of hydrogen-bond acceptors (Lipinski definition) is 13. The summed E-state index contributed by atoms with van der Waals surface area (Å²) in [6.07, 6.45) is 20.1. The van der Waals surface area contributed by atoms with E-state index in [2.05, 4.69) is 29.1 Å². The minimum atomic E-state index is -4.76. The van der Waals surface area contributed by atoms with Gasteiger partial charge in [-0.3, -0.25) is 9.05 Å². The lowest BCUT2D eigenvalue weighted by atomic mass is 9.96. The van der Waals surface area contributed by atoms with Gasteiger partial charge in [0, 0.05) is 0 Å². The van der Waals surface area contributed by atoms with Crippen LogP contribution in [0.5, 0.6) is 5.75 Å². The Morgan fingerprint density at radius 3 is 2.13 bits per heavy atom. The standard InChI is InChI=1S/C47H71N6O9P/c1-6-7-8-9-10-11-12-13-14-15-16-17-18-19-20-21-22-23-38(56-30-36-24-25-37(29-48)41(28-36)59-35(2)3)31-57-63(54,55)58-33-47(32-49)44-43(60-46(4,5)62-44)42(61-47)39-26-27-40-45(50)51-34-52-53(39)40/h24-28,34-35,38,42-44H,6-23,30-31,33H2,1-5H3,(H,54,55)(H2,50,51,52)/t38-,42+,43+,44+,47-/m1/s1. The molecular formula is C47H71N6O9P. The predicted octanol–water partition coefficient (Wildman–Crippen LogP) is 10.6. The molecule has 2 aromatic heterocycles. The maximum Gasteiger partial charge on any atom is 0.472 e. The number of rotatable bonds is 30. The van der Waals surface area contributed by atoms with E-state index in [0.717, 1.165) is 24.8 Å². The van der Waals surface area contributed by atoms with Crippen LogP contribution in [0.3, 0.4) is 0 Å². The fourth-order valence-corrected chi connectivity index (χ4v) is 9.19. The molecule has 4 heterocycles. The summed E-state index contributed by atoms with van der Waals surface area (Å²) >= 11 is 0. The highest BCUT2D eigenvalue weighted by molar-refractivity contribution is 7.47. The molecule has 0 saturated carbocycles. The van der Waals surface area contributed by atoms with Crippen LogP contribution < -0.4 is 10.5 Å². The summed E-state index contributed by atoms with van der Waals surface area (Å²) in [5, 5.41) is 24.5. The molecule has 63 heavy (non-hydrogen) atoms. The van der Waals surface area contributed by atoms with Crippen molar-refractivity contribution in [2.75, 3.05) is 18.9 Å². The number of phosphoric ester groups is 1. The zero-order chi connectivity index (χ0) is 45.3. The second-order valence-electron chi connectivity index (χ2n) is 17.8. The number of nitrogens with zero attached hydrogens (tertiary/aromatic N) is 5. The highest BCUT2D eigenvalue weighted by Crippen LogP contribution is 2.52. The van der Waals surface area contributed by atoms with Gasteiger partial charge < -0.3 is 34.3 Å². The Balaban J connectivity index is 1.13. The lowest BCUT2D eigenvalue weighted by Gasteiger charge is -2.29. The lowest BCUT2D eigenvalue weighted by Crippen LogP contribution is -2.45. The van der Waals surface area contributed by atoms with Crippen LogP contribution in [0.25, 0.3) is 5.52 Å². The fraction of sp³-hybridized carbons (Fsp3) is 0.702. The van der Waals surface area contributed by atoms with Gasteiger partial charge in [0.25, 0.3) is 0 Å². The number of nitrogens with two attached hydrogens (primary N) is 1. The Bertz CT molecular complexity index is 2000. The molecule has 348 valence electrons. The number of unbranched alkanes of at least 4 members (excludes halogenated alkanes) is 16. The minimum absolute atomic E-state index is 0.124. The number of nitriles is 2. The molecule has 2 fully saturated rings. The summed E-state index contributed by atoms with van der Waals surface area (Å²) in [6, 6.07) is 13.1. The number of benzene rings is 1. The molecule has 2 aliphatic rings. The summed E-state index contributed by atoms with van der Waals surface area (Å²) in [4.78, 5) is 15.1. The van der Waals surface area contributed by atoms with Gasteiger partial charge in [-0.05, 0) is 63.9 Å². The van der Waals surface area contributed by atoms with Crippen molar-refractivity contribution in [3.63, 3.8) is 0 Å². The molecule has 1 unspecified atom stereocenters. The van der Waals surface area contributed by atoms with E-state index in [1.54, 1.807) is 48.7 Å². The summed E-state index contributed by atoms with van der Waals surface area (Å²) < 4.78 is 57.1. The molecule has 0 bridgehead atoms. The smallest absolute Gasteiger partial charge is 0.472 e. The lowest BCUT2D eigenvalue weighted by molar-refractivity contribution is -0.204. The molecule has 5 rings (SSSR count). The van der Waals surface area contributed by atoms with Crippen molar-refractivity contribution in [2.24, 2.45) is 0 Å². The Hall–Kier alpha value is -3.63. The highest BCUT2D eigenvalue weighted by Gasteiger charge is 2.65. The van der Waals surface area contributed by atoms with Crippen molar-refractivity contribution in [3.8, 4) is 17.9 Å². The number of aromatic nitrogens is 3. The fourth-order valence-electron chi connectivity index (χ4n) is 8.41. The minimum Gasteiger partial charge on any atom is -0.490 e. The van der Waals surface area contributed by atoms with Crippen molar-refractivity contribution in [1.29, 1.82) is 10.5 Å². The second kappa shape index (κ2) is 24.6. The van der Waals surface area contributed by atoms with E-state index in [1.807, 2.05) is 13.8 Å². The number of hydrogen-bond donors (Lipinski definition) is 2. The van der Waals surface area contributed by atoms with E-state index in [0.29, 0.717) is 28.9 Å². The number of ether oxygens (including phenoxy) is 5. The van der Waals surface area contributed by atoms with Crippen LogP contribution in [0.15, 0.2) is 36.7 Å². The number of fused-ring (bicyclic) bond motifs is 2. The van der Waals surface area contributed by atoms with Gasteiger partial charge in [0.05, 0.1) is 36.7 Å². The molecule has 2 saturated heterocycles. The zero-order valence-corrected chi connectivity index (χ0v) is 39.1. The van der Waals surface area contributed by atoms with Gasteiger partial charge in [0.1, 0.15) is 54.7 Å². The highest BCUT2D eigenvalue weighted by atomic mass is 31.2. The normalized spacial score (nSPS) is 21.9. The molecule has 0 spiro atoms. The van der Waals surface area contributed by atoms with Crippen LogP contribution in [0.4, 0.5) is 5.82 Å². The molecule has 1 aromatic carbocycles. The molecule has 0 radical (unpaired) electrons. The first-order valence-corrected chi connectivity index (χ1v) is 24.8. The topological polar surface area (TPSA) is 206 Å². The Morgan fingerprint density at radius 1 is 0.889 bits per heavy atom. The molecule has 3 N–H and O–H groups in total. The third-order valence-electron chi connectivity index (χ3n) is 11.7. The first kappa shape index (κ1) is 50.4. The summed E-state index contributed by atoms with van der Waals surface area (Å²) in [7, 11) is -4.76. The molecule has 2 aliphatic heterocycles. The number of phosphoric acid groups is 1. The van der Waals surface area contributed by atoms with Crippen molar-refractivity contribution in [3.05, 3.63) is 53.5 Å². The monoisotopic (exact) mass is 895 g/mol. The maximum atomic E-state index is 13.5. The van der Waals surface area contributed by atoms with Crippen LogP contribution in [-0.2, 0) is 39.2 Å². The van der Waals surface area contributed by atoms with Gasteiger partial charge in [-0.2, -0.15) is 15.6 Å². The Labute approximate surface area is 374 Å². The van der Waals surface area contributed by atoms with Crippen LogP contribution >= 0.6 is 7.82 Å². The first-order chi connectivity index (χ1) is 30.3. The van der Waals surface area contributed by atoms with Crippen molar-refractivity contribution in [2.45, 2.75) is 199 Å². The first-order valence-electron chi connectivity index (χ1n) is 23.3. The van der Waals surface area contributed by atoms with Crippen molar-refractivity contribution < 1.29 is 42.2 Å². The zero-order valence-electron chi connectivity index (χ0n) is 38.2. The quantitative estimate of drug-likeness (QED) is 0.0472. The SMILES string of the molecule is CCCCCCCCCCCCCCCCCCC[C@H](COP(=O)(O)OC[C@@]1(C#N)O[C@@H](c2ccc3c(N)ncnn23)[C@@H]2OC(C)(C)O[C@@H]21)OCc1ccc(C#N)c(OC(C)C)c1. The summed E-state index contributed by atoms with van der Waals surface area (Å²) in [6.45, 7) is 8.77. The summed E-state index contributed by atoms with van der Waals surface area (Å²) in [5.74, 6) is -0.361. The van der Waals surface area contributed by atoms with Gasteiger partial charge in [-0.15, -0.1) is 0 Å². The van der Waals surface area contributed by atoms with E-state index in [1.165, 1.54) is 96.2 Å². The van der Waals surface area contributed by atoms with Crippen LogP contribution in [0, 0.1) is 22.7 Å². The van der Waals surface area contributed by atoms with Gasteiger partial charge in [0.2, 0.25) is 5.60 Å². The van der Waals surface area contributed by atoms with E-state index in [9.17, 15) is 20.0 Å². The molecule has 0 amide bonds. The molecule has 16 heteroatoms. The maximum absolute atomic E-state index is 13.5. The second-order valence-corrected chi connectivity index (χ2v) is 19.2. The Morgan fingerprint density at radius 2 is 1.52 bits per heavy atom. The van der Waals surface area contributed by atoms with E-state index in [4.69, 9.17) is 38.5 Å². The van der Waals surface area contributed by atoms with E-state index < -0.39 is 50.2 Å². The van der Waals surface area contributed by atoms with Gasteiger partial charge >= 0.3 is 7.82 Å². The van der Waals surface area contributed by atoms with Crippen molar-refractivity contribution >= 4 is 19.2 Å². The Kier molecular flexibility index (Phi) is 19.7. The van der Waals surface area contributed by atoms with Gasteiger partial charge in [0.15, 0.2) is 11.6 Å². The van der Waals surface area contributed by atoms with Gasteiger partial charge in [-0.1, -0.05) is 122 Å². The predicted molar refractivity (Wildman–Crippen MR) is 239 cm³/mol. The average molecular weight is 895 g/mol. The number of nitrogen functional groups attached to an aromatic ring is 1. The molecule has 6 atom stereocenters. The van der Waals surface area contributed by atoms with E-state index in [-0.39, 0.29) is 25.1 Å². The summed E-state index contributed by atoms with van der Waals surface area (Å²) in [5.41, 5.74) is 6.51. The number of anilines is 1. The van der Waals surface area contributed by atoms with Crippen LogP contribution in [-0.4, -0.2) is 68.5 Å². The van der Waals surface area contributed by atoms with Crippen molar-refractivity contribution in [1.82, 2.24) is 14.6 Å². The molecule has 15 nitrogen and oxygen atoms in total. The van der Waals surface area contributed by atoms with E-state index >= 15 is 0 Å². The largest absolute Gasteiger partial charge is 0.490 e. The molecule has 0 aliphatic carbocycles. The van der Waals surface area contributed by atoms with Crippen LogP contribution in [0.2, 0.25) is 0 Å². The van der Waals surface area contributed by atoms with Crippen LogP contribution in [0.1, 0.15) is 173 Å².